The summed E-state index contributed by atoms with van der Waals surface area (Å²) in [6, 6.07) is 10.7. The van der Waals surface area contributed by atoms with Gasteiger partial charge >= 0.3 is 0 Å². The first-order valence-electron chi connectivity index (χ1n) is 8.46. The second-order valence-electron chi connectivity index (χ2n) is 6.51. The number of carbonyl (C=O) groups excluding carboxylic acids is 1. The SMILES string of the molecule is Cc1ccc(CN(C)C(=O)c2ccc(-c3ncc(F)c(N(C)C)n3)cc2)o1. The van der Waals surface area contributed by atoms with Gasteiger partial charge in [-0.05, 0) is 31.2 Å². The minimum absolute atomic E-state index is 0.121. The lowest BCUT2D eigenvalue weighted by molar-refractivity contribution is 0.0775. The maximum Gasteiger partial charge on any atom is 0.254 e. The molecule has 27 heavy (non-hydrogen) atoms. The van der Waals surface area contributed by atoms with Crippen LogP contribution in [0.4, 0.5) is 10.2 Å². The Kier molecular flexibility index (Phi) is 5.21. The highest BCUT2D eigenvalue weighted by Gasteiger charge is 2.15. The lowest BCUT2D eigenvalue weighted by atomic mass is 10.1. The Morgan fingerprint density at radius 1 is 1.11 bits per heavy atom. The number of carbonyl (C=O) groups is 1. The lowest BCUT2D eigenvalue weighted by Crippen LogP contribution is -2.25. The molecule has 0 spiro atoms. The quantitative estimate of drug-likeness (QED) is 0.689. The summed E-state index contributed by atoms with van der Waals surface area (Å²) in [5, 5.41) is 0. The fourth-order valence-corrected chi connectivity index (χ4v) is 2.67. The van der Waals surface area contributed by atoms with E-state index in [1.54, 1.807) is 55.2 Å². The Labute approximate surface area is 157 Å². The van der Waals surface area contributed by atoms with Crippen LogP contribution in [-0.2, 0) is 6.54 Å². The van der Waals surface area contributed by atoms with E-state index in [4.69, 9.17) is 4.42 Å². The van der Waals surface area contributed by atoms with Crippen molar-refractivity contribution in [1.82, 2.24) is 14.9 Å². The van der Waals surface area contributed by atoms with Crippen LogP contribution in [0.2, 0.25) is 0 Å². The van der Waals surface area contributed by atoms with Crippen molar-refractivity contribution in [2.24, 2.45) is 0 Å². The Morgan fingerprint density at radius 3 is 2.41 bits per heavy atom. The molecule has 3 rings (SSSR count). The molecule has 2 aromatic heterocycles. The summed E-state index contributed by atoms with van der Waals surface area (Å²) in [5.74, 6) is 1.56. The molecule has 0 atom stereocenters. The van der Waals surface area contributed by atoms with Crippen molar-refractivity contribution in [3.8, 4) is 11.4 Å². The van der Waals surface area contributed by atoms with Crippen LogP contribution in [-0.4, -0.2) is 41.9 Å². The molecule has 0 aliphatic carbocycles. The lowest BCUT2D eigenvalue weighted by Gasteiger charge is -2.16. The van der Waals surface area contributed by atoms with Gasteiger partial charge in [-0.2, -0.15) is 0 Å². The van der Waals surface area contributed by atoms with Crippen molar-refractivity contribution in [3.63, 3.8) is 0 Å². The largest absolute Gasteiger partial charge is 0.464 e. The van der Waals surface area contributed by atoms with Gasteiger partial charge in [-0.3, -0.25) is 4.79 Å². The molecule has 1 amide bonds. The van der Waals surface area contributed by atoms with Crippen molar-refractivity contribution < 1.29 is 13.6 Å². The number of aryl methyl sites for hydroxylation is 1. The van der Waals surface area contributed by atoms with Gasteiger partial charge in [0.05, 0.1) is 12.7 Å². The van der Waals surface area contributed by atoms with Crippen LogP contribution < -0.4 is 4.90 Å². The Bertz CT molecular complexity index is 951. The van der Waals surface area contributed by atoms with Crippen molar-refractivity contribution in [2.45, 2.75) is 13.5 Å². The molecular formula is C20H21FN4O2. The van der Waals surface area contributed by atoms with Gasteiger partial charge in [0.15, 0.2) is 17.5 Å². The molecule has 1 aromatic carbocycles. The van der Waals surface area contributed by atoms with E-state index >= 15 is 0 Å². The van der Waals surface area contributed by atoms with E-state index in [-0.39, 0.29) is 11.7 Å². The average Bonchev–Trinajstić information content (AvgIpc) is 3.06. The molecular weight excluding hydrogens is 347 g/mol. The number of benzene rings is 1. The Hall–Kier alpha value is -3.22. The molecule has 0 saturated heterocycles. The number of furan rings is 1. The zero-order chi connectivity index (χ0) is 19.6. The maximum absolute atomic E-state index is 13.8. The predicted octanol–water partition coefficient (Wildman–Crippen LogP) is 3.52. The summed E-state index contributed by atoms with van der Waals surface area (Å²) in [4.78, 5) is 24.0. The predicted molar refractivity (Wildman–Crippen MR) is 101 cm³/mol. The summed E-state index contributed by atoms with van der Waals surface area (Å²) in [6.07, 6.45) is 1.15. The van der Waals surface area contributed by atoms with Crippen LogP contribution in [0.15, 0.2) is 47.0 Å². The average molecular weight is 368 g/mol. The Balaban J connectivity index is 1.76. The van der Waals surface area contributed by atoms with Gasteiger partial charge in [-0.15, -0.1) is 0 Å². The molecule has 0 saturated carbocycles. The molecule has 0 aliphatic heterocycles. The van der Waals surface area contributed by atoms with Crippen LogP contribution >= 0.6 is 0 Å². The van der Waals surface area contributed by atoms with E-state index in [0.29, 0.717) is 23.5 Å². The van der Waals surface area contributed by atoms with Gasteiger partial charge in [0.1, 0.15) is 11.5 Å². The highest BCUT2D eigenvalue weighted by Crippen LogP contribution is 2.21. The molecule has 3 aromatic rings. The fraction of sp³-hybridized carbons (Fsp3) is 0.250. The molecule has 0 aliphatic rings. The third-order valence-electron chi connectivity index (χ3n) is 4.07. The monoisotopic (exact) mass is 368 g/mol. The van der Waals surface area contributed by atoms with E-state index in [9.17, 15) is 9.18 Å². The van der Waals surface area contributed by atoms with E-state index in [1.165, 1.54) is 0 Å². The van der Waals surface area contributed by atoms with Crippen LogP contribution in [0.25, 0.3) is 11.4 Å². The minimum Gasteiger partial charge on any atom is -0.464 e. The number of amides is 1. The highest BCUT2D eigenvalue weighted by atomic mass is 19.1. The highest BCUT2D eigenvalue weighted by molar-refractivity contribution is 5.94. The van der Waals surface area contributed by atoms with Crippen LogP contribution in [0.3, 0.4) is 0 Å². The second-order valence-corrected chi connectivity index (χ2v) is 6.51. The Morgan fingerprint density at radius 2 is 1.81 bits per heavy atom. The van der Waals surface area contributed by atoms with E-state index in [0.717, 1.165) is 17.7 Å². The van der Waals surface area contributed by atoms with Gasteiger partial charge in [-0.25, -0.2) is 14.4 Å². The van der Waals surface area contributed by atoms with Crippen molar-refractivity contribution in [1.29, 1.82) is 0 Å². The number of hydrogen-bond acceptors (Lipinski definition) is 5. The smallest absolute Gasteiger partial charge is 0.254 e. The van der Waals surface area contributed by atoms with Crippen LogP contribution in [0, 0.1) is 12.7 Å². The second kappa shape index (κ2) is 7.57. The number of rotatable bonds is 5. The molecule has 2 heterocycles. The van der Waals surface area contributed by atoms with E-state index < -0.39 is 5.82 Å². The van der Waals surface area contributed by atoms with Gasteiger partial charge < -0.3 is 14.2 Å². The van der Waals surface area contributed by atoms with Crippen LogP contribution in [0.5, 0.6) is 0 Å². The summed E-state index contributed by atoms with van der Waals surface area (Å²) in [7, 11) is 5.15. The molecule has 0 N–H and O–H groups in total. The third-order valence-corrected chi connectivity index (χ3v) is 4.07. The summed E-state index contributed by atoms with van der Waals surface area (Å²) in [6.45, 7) is 2.25. The first-order chi connectivity index (χ1) is 12.8. The number of halogens is 1. The first-order valence-corrected chi connectivity index (χ1v) is 8.46. The van der Waals surface area contributed by atoms with Crippen molar-refractivity contribution >= 4 is 11.7 Å². The van der Waals surface area contributed by atoms with Gasteiger partial charge in [0.25, 0.3) is 5.91 Å². The molecule has 0 radical (unpaired) electrons. The van der Waals surface area contributed by atoms with Crippen molar-refractivity contribution in [3.05, 3.63) is 65.5 Å². The molecule has 0 bridgehead atoms. The summed E-state index contributed by atoms with van der Waals surface area (Å²) < 4.78 is 19.3. The van der Waals surface area contributed by atoms with E-state index in [2.05, 4.69) is 9.97 Å². The number of nitrogens with zero attached hydrogens (tertiary/aromatic N) is 4. The normalized spacial score (nSPS) is 10.7. The maximum atomic E-state index is 13.8. The van der Waals surface area contributed by atoms with Gasteiger partial charge in [0.2, 0.25) is 0 Å². The molecule has 0 fully saturated rings. The number of hydrogen-bond donors (Lipinski definition) is 0. The number of aromatic nitrogens is 2. The topological polar surface area (TPSA) is 62.5 Å². The number of anilines is 1. The standard InChI is InChI=1S/C20H21FN4O2/c1-13-5-10-16(27-13)12-25(4)20(26)15-8-6-14(7-9-15)18-22-11-17(21)19(23-18)24(2)3/h5-11H,12H2,1-4H3. The summed E-state index contributed by atoms with van der Waals surface area (Å²) >= 11 is 0. The first kappa shape index (κ1) is 18.6. The minimum atomic E-state index is -0.481. The molecule has 6 nitrogen and oxygen atoms in total. The molecule has 0 unspecified atom stereocenters. The van der Waals surface area contributed by atoms with Gasteiger partial charge in [0, 0.05) is 32.3 Å². The zero-order valence-corrected chi connectivity index (χ0v) is 15.7. The van der Waals surface area contributed by atoms with Gasteiger partial charge in [-0.1, -0.05) is 12.1 Å². The molecule has 7 heteroatoms. The molecule has 140 valence electrons. The zero-order valence-electron chi connectivity index (χ0n) is 15.7. The summed E-state index contributed by atoms with van der Waals surface area (Å²) in [5.41, 5.74) is 1.25. The fourth-order valence-electron chi connectivity index (χ4n) is 2.67. The van der Waals surface area contributed by atoms with Crippen molar-refractivity contribution in [2.75, 3.05) is 26.0 Å². The van der Waals surface area contributed by atoms with E-state index in [1.807, 2.05) is 19.1 Å². The van der Waals surface area contributed by atoms with Crippen LogP contribution in [0.1, 0.15) is 21.9 Å². The third kappa shape index (κ3) is 4.13.